The maximum Gasteiger partial charge on any atom is 0.307 e. The first-order valence-electron chi connectivity index (χ1n) is 7.14. The summed E-state index contributed by atoms with van der Waals surface area (Å²) in [4.78, 5) is 29.1. The number of thiophene rings is 1. The minimum Gasteiger partial charge on any atom is -0.477 e. The van der Waals surface area contributed by atoms with Crippen LogP contribution < -0.4 is 10.1 Å². The van der Waals surface area contributed by atoms with Crippen molar-refractivity contribution < 1.29 is 19.1 Å². The number of carbonyl (C=O) groups is 2. The molecule has 2 aromatic rings. The molecule has 1 amide bonds. The molecule has 0 fully saturated rings. The number of ether oxygens (including phenoxy) is 2. The van der Waals surface area contributed by atoms with E-state index >= 15 is 0 Å². The van der Waals surface area contributed by atoms with E-state index in [1.54, 1.807) is 18.3 Å². The van der Waals surface area contributed by atoms with Gasteiger partial charge < -0.3 is 14.8 Å². The van der Waals surface area contributed by atoms with Crippen LogP contribution in [-0.2, 0) is 9.53 Å². The van der Waals surface area contributed by atoms with Gasteiger partial charge in [0.25, 0.3) is 5.91 Å². The first-order valence-corrected chi connectivity index (χ1v) is 8.02. The van der Waals surface area contributed by atoms with Gasteiger partial charge in [0.05, 0.1) is 26.2 Å². The van der Waals surface area contributed by atoms with E-state index < -0.39 is 6.04 Å². The molecule has 23 heavy (non-hydrogen) atoms. The van der Waals surface area contributed by atoms with Crippen LogP contribution in [0.1, 0.15) is 34.6 Å². The number of carbonyl (C=O) groups excluding carboxylic acids is 2. The van der Waals surface area contributed by atoms with E-state index in [0.29, 0.717) is 12.2 Å². The fraction of sp³-hybridized carbons (Fsp3) is 0.312. The van der Waals surface area contributed by atoms with Crippen molar-refractivity contribution >= 4 is 23.2 Å². The van der Waals surface area contributed by atoms with Crippen LogP contribution in [-0.4, -0.2) is 30.6 Å². The maximum atomic E-state index is 12.5. The second-order valence-corrected chi connectivity index (χ2v) is 5.59. The quantitative estimate of drug-likeness (QED) is 0.788. The highest BCUT2D eigenvalue weighted by atomic mass is 32.1. The van der Waals surface area contributed by atoms with Gasteiger partial charge in [0.15, 0.2) is 0 Å². The monoisotopic (exact) mass is 334 g/mol. The van der Waals surface area contributed by atoms with Gasteiger partial charge in [-0.2, -0.15) is 0 Å². The van der Waals surface area contributed by atoms with Crippen LogP contribution in [0, 0.1) is 0 Å². The Hall–Kier alpha value is -2.41. The van der Waals surface area contributed by atoms with Crippen molar-refractivity contribution in [3.05, 3.63) is 46.3 Å². The normalized spacial score (nSPS) is 11.6. The Morgan fingerprint density at radius 3 is 2.83 bits per heavy atom. The topological polar surface area (TPSA) is 77.5 Å². The third-order valence-corrected chi connectivity index (χ3v) is 4.07. The van der Waals surface area contributed by atoms with Crippen molar-refractivity contribution in [1.29, 1.82) is 0 Å². The van der Waals surface area contributed by atoms with Crippen molar-refractivity contribution in [3.8, 4) is 5.88 Å². The SMILES string of the molecule is CCOc1ncccc1C(=O)NC(CC(=O)OC)c1cccs1. The second kappa shape index (κ2) is 8.28. The van der Waals surface area contributed by atoms with E-state index in [1.807, 2.05) is 24.4 Å². The van der Waals surface area contributed by atoms with Crippen molar-refractivity contribution in [2.45, 2.75) is 19.4 Å². The van der Waals surface area contributed by atoms with Gasteiger partial charge >= 0.3 is 5.97 Å². The zero-order valence-electron chi connectivity index (χ0n) is 12.9. The summed E-state index contributed by atoms with van der Waals surface area (Å²) in [6.45, 7) is 2.23. The third kappa shape index (κ3) is 4.53. The van der Waals surface area contributed by atoms with Crippen LogP contribution in [0.5, 0.6) is 5.88 Å². The van der Waals surface area contributed by atoms with Crippen LogP contribution in [0.4, 0.5) is 0 Å². The zero-order chi connectivity index (χ0) is 16.7. The molecule has 2 heterocycles. The number of pyridine rings is 1. The number of rotatable bonds is 7. The second-order valence-electron chi connectivity index (χ2n) is 4.61. The molecule has 6 nitrogen and oxygen atoms in total. The first kappa shape index (κ1) is 17.0. The number of aromatic nitrogens is 1. The smallest absolute Gasteiger partial charge is 0.307 e. The van der Waals surface area contributed by atoms with E-state index in [0.717, 1.165) is 4.88 Å². The summed E-state index contributed by atoms with van der Waals surface area (Å²) in [5.41, 5.74) is 0.334. The average molecular weight is 334 g/mol. The van der Waals surface area contributed by atoms with Crippen LogP contribution in [0.15, 0.2) is 35.8 Å². The summed E-state index contributed by atoms with van der Waals surface area (Å²) < 4.78 is 10.1. The van der Waals surface area contributed by atoms with Crippen LogP contribution >= 0.6 is 11.3 Å². The molecular formula is C16H18N2O4S. The van der Waals surface area contributed by atoms with Crippen LogP contribution in [0.2, 0.25) is 0 Å². The first-order chi connectivity index (χ1) is 11.2. The summed E-state index contributed by atoms with van der Waals surface area (Å²) in [5.74, 6) is -0.459. The van der Waals surface area contributed by atoms with Crippen molar-refractivity contribution in [1.82, 2.24) is 10.3 Å². The Labute approximate surface area is 138 Å². The van der Waals surface area contributed by atoms with Gasteiger partial charge in [-0.1, -0.05) is 6.07 Å². The van der Waals surface area contributed by atoms with Crippen molar-refractivity contribution in [2.24, 2.45) is 0 Å². The molecule has 1 atom stereocenters. The minimum atomic E-state index is -0.454. The van der Waals surface area contributed by atoms with Gasteiger partial charge in [-0.15, -0.1) is 11.3 Å². The van der Waals surface area contributed by atoms with Crippen LogP contribution in [0.3, 0.4) is 0 Å². The van der Waals surface area contributed by atoms with E-state index in [9.17, 15) is 9.59 Å². The predicted molar refractivity (Wildman–Crippen MR) is 86.6 cm³/mol. The maximum absolute atomic E-state index is 12.5. The molecule has 2 aromatic heterocycles. The average Bonchev–Trinajstić information content (AvgIpc) is 3.09. The molecule has 0 bridgehead atoms. The largest absolute Gasteiger partial charge is 0.477 e. The molecule has 0 spiro atoms. The number of methoxy groups -OCH3 is 1. The predicted octanol–water partition coefficient (Wildman–Crippen LogP) is 2.58. The summed E-state index contributed by atoms with van der Waals surface area (Å²) >= 11 is 1.47. The van der Waals surface area contributed by atoms with Crippen LogP contribution in [0.25, 0.3) is 0 Å². The highest BCUT2D eigenvalue weighted by molar-refractivity contribution is 7.10. The number of amides is 1. The Bertz CT molecular complexity index is 658. The number of nitrogens with one attached hydrogen (secondary N) is 1. The van der Waals surface area contributed by atoms with Gasteiger partial charge in [-0.05, 0) is 30.5 Å². The summed E-state index contributed by atoms with van der Waals surface area (Å²) in [7, 11) is 1.32. The van der Waals surface area contributed by atoms with Gasteiger partial charge in [-0.25, -0.2) is 4.98 Å². The van der Waals surface area contributed by atoms with Crippen molar-refractivity contribution in [3.63, 3.8) is 0 Å². The molecule has 0 aliphatic carbocycles. The Morgan fingerprint density at radius 2 is 2.17 bits per heavy atom. The number of hydrogen-bond donors (Lipinski definition) is 1. The molecule has 0 aromatic carbocycles. The standard InChI is InChI=1S/C16H18N2O4S/c1-3-22-16-11(6-4-8-17-16)15(20)18-12(10-14(19)21-2)13-7-5-9-23-13/h4-9,12H,3,10H2,1-2H3,(H,18,20). The molecule has 1 unspecified atom stereocenters. The highest BCUT2D eigenvalue weighted by Gasteiger charge is 2.22. The molecular weight excluding hydrogens is 316 g/mol. The summed E-state index contributed by atoms with van der Waals surface area (Å²) in [6.07, 6.45) is 1.62. The fourth-order valence-corrected chi connectivity index (χ4v) is 2.79. The minimum absolute atomic E-state index is 0.0625. The Kier molecular flexibility index (Phi) is 6.10. The lowest BCUT2D eigenvalue weighted by Gasteiger charge is -2.17. The number of nitrogens with zero attached hydrogens (tertiary/aromatic N) is 1. The molecule has 0 radical (unpaired) electrons. The zero-order valence-corrected chi connectivity index (χ0v) is 13.8. The Balaban J connectivity index is 2.19. The molecule has 0 aliphatic rings. The Morgan fingerprint density at radius 1 is 1.35 bits per heavy atom. The summed E-state index contributed by atoms with van der Waals surface area (Å²) in [5, 5.41) is 4.74. The molecule has 1 N–H and O–H groups in total. The fourth-order valence-electron chi connectivity index (χ4n) is 2.01. The van der Waals surface area contributed by atoms with Gasteiger partial charge in [0.1, 0.15) is 5.56 Å². The lowest BCUT2D eigenvalue weighted by molar-refractivity contribution is -0.141. The molecule has 0 aliphatic heterocycles. The number of esters is 1. The molecule has 122 valence electrons. The van der Waals surface area contributed by atoms with Gasteiger partial charge in [0.2, 0.25) is 5.88 Å². The highest BCUT2D eigenvalue weighted by Crippen LogP contribution is 2.24. The number of hydrogen-bond acceptors (Lipinski definition) is 6. The van der Waals surface area contributed by atoms with Gasteiger partial charge in [-0.3, -0.25) is 9.59 Å². The van der Waals surface area contributed by atoms with E-state index in [1.165, 1.54) is 18.4 Å². The van der Waals surface area contributed by atoms with E-state index in [-0.39, 0.29) is 24.2 Å². The molecule has 2 rings (SSSR count). The lowest BCUT2D eigenvalue weighted by Crippen LogP contribution is -2.30. The summed E-state index contributed by atoms with van der Waals surface area (Å²) in [6, 6.07) is 6.58. The molecule has 0 saturated heterocycles. The third-order valence-electron chi connectivity index (χ3n) is 3.09. The lowest BCUT2D eigenvalue weighted by atomic mass is 10.1. The van der Waals surface area contributed by atoms with E-state index in [4.69, 9.17) is 9.47 Å². The van der Waals surface area contributed by atoms with E-state index in [2.05, 4.69) is 10.3 Å². The molecule has 7 heteroatoms. The molecule has 0 saturated carbocycles. The van der Waals surface area contributed by atoms with Gasteiger partial charge in [0, 0.05) is 11.1 Å². The van der Waals surface area contributed by atoms with Crippen molar-refractivity contribution in [2.75, 3.05) is 13.7 Å².